The zero-order valence-corrected chi connectivity index (χ0v) is 18.2. The Morgan fingerprint density at radius 2 is 2.00 bits per heavy atom. The fourth-order valence-corrected chi connectivity index (χ4v) is 5.05. The number of hydrogen-bond acceptors (Lipinski definition) is 6. The quantitative estimate of drug-likeness (QED) is 0.749. The van der Waals surface area contributed by atoms with Crippen molar-refractivity contribution in [2.24, 2.45) is 11.8 Å². The highest BCUT2D eigenvalue weighted by Crippen LogP contribution is 2.30. The van der Waals surface area contributed by atoms with E-state index in [1.54, 1.807) is 0 Å². The Balaban J connectivity index is 0.00000225. The third-order valence-corrected chi connectivity index (χ3v) is 6.84. The largest absolute Gasteiger partial charge is 0.444 e. The van der Waals surface area contributed by atoms with E-state index >= 15 is 0 Å². The summed E-state index contributed by atoms with van der Waals surface area (Å²) < 4.78 is 11.4. The molecular weight excluding hydrogens is 376 g/mol. The van der Waals surface area contributed by atoms with Crippen LogP contribution in [-0.2, 0) is 11.3 Å². The molecule has 0 aromatic carbocycles. The molecule has 0 amide bonds. The van der Waals surface area contributed by atoms with Gasteiger partial charge in [-0.05, 0) is 71.0 Å². The molecule has 6 nitrogen and oxygen atoms in total. The Bertz CT molecular complexity index is 578. The number of aryl methyl sites for hydroxylation is 2. The van der Waals surface area contributed by atoms with Crippen LogP contribution >= 0.6 is 12.4 Å². The Morgan fingerprint density at radius 1 is 1.18 bits per heavy atom. The zero-order chi connectivity index (χ0) is 18.6. The summed E-state index contributed by atoms with van der Waals surface area (Å²) in [7, 11) is 0. The van der Waals surface area contributed by atoms with Crippen LogP contribution in [0.5, 0.6) is 0 Å². The van der Waals surface area contributed by atoms with Crippen LogP contribution < -0.4 is 10.6 Å². The predicted octanol–water partition coefficient (Wildman–Crippen LogP) is 2.67. The molecule has 1 aromatic rings. The number of rotatable bonds is 6. The van der Waals surface area contributed by atoms with Gasteiger partial charge in [0.1, 0.15) is 5.76 Å². The Hall–Kier alpha value is -0.660. The number of nitrogens with zero attached hydrogens (tertiary/aromatic N) is 2. The van der Waals surface area contributed by atoms with Gasteiger partial charge in [0, 0.05) is 18.6 Å². The van der Waals surface area contributed by atoms with Gasteiger partial charge in [-0.15, -0.1) is 12.4 Å². The van der Waals surface area contributed by atoms with E-state index < -0.39 is 0 Å². The molecule has 3 aliphatic rings. The molecule has 3 unspecified atom stereocenters. The summed E-state index contributed by atoms with van der Waals surface area (Å²) >= 11 is 0. The molecule has 1 aliphatic carbocycles. The lowest BCUT2D eigenvalue weighted by Gasteiger charge is -2.35. The molecule has 160 valence electrons. The lowest BCUT2D eigenvalue weighted by Crippen LogP contribution is -2.51. The van der Waals surface area contributed by atoms with Crippen molar-refractivity contribution in [3.05, 3.63) is 17.3 Å². The van der Waals surface area contributed by atoms with Crippen molar-refractivity contribution in [1.82, 2.24) is 20.5 Å². The fourth-order valence-electron chi connectivity index (χ4n) is 5.05. The highest BCUT2D eigenvalue weighted by molar-refractivity contribution is 5.85. The average molecular weight is 413 g/mol. The standard InChI is InChI=1S/C21H36N4O2.ClH/c1-15-16(2)27-21(24-15)13-25-9-6-17(7-10-25)12-23-19-5-3-4-18(19)20-14-26-11-8-22-20;/h17-20,22-23H,3-14H2,1-2H3;1H. The smallest absolute Gasteiger partial charge is 0.208 e. The molecule has 2 aliphatic heterocycles. The van der Waals surface area contributed by atoms with Gasteiger partial charge in [0.2, 0.25) is 5.89 Å². The summed E-state index contributed by atoms with van der Waals surface area (Å²) in [5.41, 5.74) is 1.02. The molecular formula is C21H37ClN4O2. The van der Waals surface area contributed by atoms with E-state index in [4.69, 9.17) is 9.15 Å². The third kappa shape index (κ3) is 5.48. The molecule has 3 atom stereocenters. The van der Waals surface area contributed by atoms with Crippen LogP contribution in [0.25, 0.3) is 0 Å². The number of morpholine rings is 1. The van der Waals surface area contributed by atoms with E-state index in [0.29, 0.717) is 12.1 Å². The van der Waals surface area contributed by atoms with Crippen molar-refractivity contribution in [2.45, 2.75) is 64.6 Å². The van der Waals surface area contributed by atoms with Crippen LogP contribution in [0.3, 0.4) is 0 Å². The monoisotopic (exact) mass is 412 g/mol. The number of piperidine rings is 1. The molecule has 7 heteroatoms. The van der Waals surface area contributed by atoms with E-state index in [1.807, 2.05) is 13.8 Å². The topological polar surface area (TPSA) is 62.6 Å². The van der Waals surface area contributed by atoms with Crippen LogP contribution in [0, 0.1) is 25.7 Å². The van der Waals surface area contributed by atoms with Gasteiger partial charge < -0.3 is 19.8 Å². The van der Waals surface area contributed by atoms with Gasteiger partial charge in [0.15, 0.2) is 0 Å². The number of likely N-dealkylation sites (tertiary alicyclic amines) is 1. The summed E-state index contributed by atoms with van der Waals surface area (Å²) in [5, 5.41) is 7.61. The molecule has 4 rings (SSSR count). The molecule has 1 aromatic heterocycles. The molecule has 1 saturated carbocycles. The highest BCUT2D eigenvalue weighted by atomic mass is 35.5. The Kier molecular flexibility index (Phi) is 8.18. The van der Waals surface area contributed by atoms with Gasteiger partial charge in [-0.25, -0.2) is 4.98 Å². The van der Waals surface area contributed by atoms with Crippen molar-refractivity contribution in [3.8, 4) is 0 Å². The minimum Gasteiger partial charge on any atom is -0.444 e. The summed E-state index contributed by atoms with van der Waals surface area (Å²) in [6.45, 7) is 11.1. The molecule has 0 bridgehead atoms. The molecule has 0 radical (unpaired) electrons. The first-order valence-corrected chi connectivity index (χ1v) is 10.9. The second-order valence-corrected chi connectivity index (χ2v) is 8.71. The summed E-state index contributed by atoms with van der Waals surface area (Å²) in [6.07, 6.45) is 6.56. The lowest BCUT2D eigenvalue weighted by molar-refractivity contribution is 0.0518. The maximum Gasteiger partial charge on any atom is 0.208 e. The number of halogens is 1. The van der Waals surface area contributed by atoms with Crippen LogP contribution in [0.1, 0.15) is 49.4 Å². The predicted molar refractivity (Wildman–Crippen MR) is 113 cm³/mol. The van der Waals surface area contributed by atoms with E-state index in [9.17, 15) is 0 Å². The van der Waals surface area contributed by atoms with Crippen LogP contribution in [-0.4, -0.2) is 61.4 Å². The van der Waals surface area contributed by atoms with Crippen molar-refractivity contribution in [3.63, 3.8) is 0 Å². The molecule has 3 heterocycles. The summed E-state index contributed by atoms with van der Waals surface area (Å²) in [5.74, 6) is 3.36. The second kappa shape index (κ2) is 10.4. The first kappa shape index (κ1) is 22.0. The maximum absolute atomic E-state index is 5.75. The third-order valence-electron chi connectivity index (χ3n) is 6.84. The second-order valence-electron chi connectivity index (χ2n) is 8.71. The van der Waals surface area contributed by atoms with Gasteiger partial charge in [0.25, 0.3) is 0 Å². The van der Waals surface area contributed by atoms with E-state index in [2.05, 4.69) is 20.5 Å². The molecule has 2 N–H and O–H groups in total. The van der Waals surface area contributed by atoms with E-state index in [1.165, 1.54) is 38.6 Å². The first-order valence-electron chi connectivity index (χ1n) is 10.9. The van der Waals surface area contributed by atoms with Gasteiger partial charge in [-0.2, -0.15) is 0 Å². The Labute approximate surface area is 175 Å². The van der Waals surface area contributed by atoms with Crippen molar-refractivity contribution in [1.29, 1.82) is 0 Å². The minimum atomic E-state index is 0. The van der Waals surface area contributed by atoms with Gasteiger partial charge >= 0.3 is 0 Å². The van der Waals surface area contributed by atoms with Crippen LogP contribution in [0.4, 0.5) is 0 Å². The van der Waals surface area contributed by atoms with Crippen LogP contribution in [0.2, 0.25) is 0 Å². The normalized spacial score (nSPS) is 29.7. The zero-order valence-electron chi connectivity index (χ0n) is 17.4. The molecule has 2 saturated heterocycles. The summed E-state index contributed by atoms with van der Waals surface area (Å²) in [6, 6.07) is 1.22. The van der Waals surface area contributed by atoms with E-state index in [-0.39, 0.29) is 12.4 Å². The fraction of sp³-hybridized carbons (Fsp3) is 0.857. The lowest BCUT2D eigenvalue weighted by atomic mass is 9.92. The number of oxazole rings is 1. The maximum atomic E-state index is 5.75. The Morgan fingerprint density at radius 3 is 2.68 bits per heavy atom. The minimum absolute atomic E-state index is 0. The van der Waals surface area contributed by atoms with E-state index in [0.717, 1.165) is 68.6 Å². The SMILES string of the molecule is Cc1nc(CN2CCC(CNC3CCCC3C3COCCN3)CC2)oc1C.Cl. The van der Waals surface area contributed by atoms with Gasteiger partial charge in [-0.1, -0.05) is 6.42 Å². The number of nitrogens with one attached hydrogen (secondary N) is 2. The molecule has 28 heavy (non-hydrogen) atoms. The van der Waals surface area contributed by atoms with Crippen LogP contribution in [0.15, 0.2) is 4.42 Å². The van der Waals surface area contributed by atoms with Crippen molar-refractivity contribution in [2.75, 3.05) is 39.4 Å². The molecule has 0 spiro atoms. The first-order chi connectivity index (χ1) is 13.2. The average Bonchev–Trinajstić information content (AvgIpc) is 3.28. The van der Waals surface area contributed by atoms with Crippen molar-refractivity contribution < 1.29 is 9.15 Å². The number of ether oxygens (including phenoxy) is 1. The highest BCUT2D eigenvalue weighted by Gasteiger charge is 2.34. The van der Waals surface area contributed by atoms with Crippen molar-refractivity contribution >= 4 is 12.4 Å². The van der Waals surface area contributed by atoms with Gasteiger partial charge in [0.05, 0.1) is 25.5 Å². The number of aromatic nitrogens is 1. The summed E-state index contributed by atoms with van der Waals surface area (Å²) in [4.78, 5) is 7.02. The van der Waals surface area contributed by atoms with Gasteiger partial charge in [-0.3, -0.25) is 4.90 Å². The molecule has 3 fully saturated rings. The number of hydrogen-bond donors (Lipinski definition) is 2.